The zero-order valence-corrected chi connectivity index (χ0v) is 11.4. The topological polar surface area (TPSA) is 44.1 Å². The first-order valence-corrected chi connectivity index (χ1v) is 6.12. The van der Waals surface area contributed by atoms with Crippen molar-refractivity contribution in [3.63, 3.8) is 0 Å². The van der Waals surface area contributed by atoms with Crippen molar-refractivity contribution in [2.75, 3.05) is 7.11 Å². The molecule has 0 bridgehead atoms. The molecule has 0 saturated carbocycles. The van der Waals surface area contributed by atoms with E-state index in [0.29, 0.717) is 5.56 Å². The predicted octanol–water partition coefficient (Wildman–Crippen LogP) is 2.38. The Morgan fingerprint density at radius 2 is 2.12 bits per heavy atom. The van der Waals surface area contributed by atoms with Gasteiger partial charge in [0, 0.05) is 11.8 Å². The SMILES string of the molecule is COc1ccc(C(=O)Cn2cc(I)cn2)cc1. The van der Waals surface area contributed by atoms with E-state index in [4.69, 9.17) is 4.74 Å². The van der Waals surface area contributed by atoms with E-state index in [-0.39, 0.29) is 12.3 Å². The number of ether oxygens (including phenoxy) is 1. The second-order valence-electron chi connectivity index (χ2n) is 3.51. The van der Waals surface area contributed by atoms with E-state index in [1.54, 1.807) is 42.3 Å². The van der Waals surface area contributed by atoms with Crippen LogP contribution in [0.1, 0.15) is 10.4 Å². The van der Waals surface area contributed by atoms with Gasteiger partial charge in [-0.2, -0.15) is 5.10 Å². The van der Waals surface area contributed by atoms with Gasteiger partial charge in [0.2, 0.25) is 0 Å². The molecule has 0 fully saturated rings. The fourth-order valence-corrected chi connectivity index (χ4v) is 1.89. The molecule has 0 N–H and O–H groups in total. The summed E-state index contributed by atoms with van der Waals surface area (Å²) in [5.74, 6) is 0.780. The molecule has 1 aromatic heterocycles. The molecule has 0 aliphatic rings. The number of hydrogen-bond acceptors (Lipinski definition) is 3. The van der Waals surface area contributed by atoms with Crippen molar-refractivity contribution in [3.05, 3.63) is 45.8 Å². The second kappa shape index (κ2) is 5.31. The molecule has 0 atom stereocenters. The smallest absolute Gasteiger partial charge is 0.184 e. The van der Waals surface area contributed by atoms with Crippen LogP contribution in [0.3, 0.4) is 0 Å². The fraction of sp³-hybridized carbons (Fsp3) is 0.167. The van der Waals surface area contributed by atoms with E-state index in [2.05, 4.69) is 27.7 Å². The Kier molecular flexibility index (Phi) is 3.78. The number of methoxy groups -OCH3 is 1. The Morgan fingerprint density at radius 1 is 1.41 bits per heavy atom. The minimum Gasteiger partial charge on any atom is -0.497 e. The lowest BCUT2D eigenvalue weighted by Crippen LogP contribution is -2.10. The molecule has 88 valence electrons. The molecule has 0 spiro atoms. The van der Waals surface area contributed by atoms with Crippen molar-refractivity contribution in [2.45, 2.75) is 6.54 Å². The van der Waals surface area contributed by atoms with Gasteiger partial charge in [0.25, 0.3) is 0 Å². The largest absolute Gasteiger partial charge is 0.497 e. The van der Waals surface area contributed by atoms with Crippen LogP contribution in [-0.4, -0.2) is 22.7 Å². The first-order chi connectivity index (χ1) is 8.19. The Morgan fingerprint density at radius 3 is 2.65 bits per heavy atom. The van der Waals surface area contributed by atoms with Crippen LogP contribution in [0.15, 0.2) is 36.7 Å². The summed E-state index contributed by atoms with van der Waals surface area (Å²) in [6.45, 7) is 0.259. The molecule has 17 heavy (non-hydrogen) atoms. The number of aromatic nitrogens is 2. The molecule has 0 amide bonds. The molecule has 0 unspecified atom stereocenters. The van der Waals surface area contributed by atoms with Gasteiger partial charge in [0.15, 0.2) is 5.78 Å². The maximum atomic E-state index is 11.9. The molecule has 0 aliphatic heterocycles. The zero-order chi connectivity index (χ0) is 12.3. The average molecular weight is 342 g/mol. The summed E-state index contributed by atoms with van der Waals surface area (Å²) in [4.78, 5) is 11.9. The third-order valence-corrected chi connectivity index (χ3v) is 2.88. The maximum Gasteiger partial charge on any atom is 0.184 e. The Balaban J connectivity index is 2.09. The van der Waals surface area contributed by atoms with E-state index in [1.165, 1.54) is 0 Å². The van der Waals surface area contributed by atoms with Crippen LogP contribution >= 0.6 is 22.6 Å². The Bertz CT molecular complexity index is 520. The fourth-order valence-electron chi connectivity index (χ4n) is 1.44. The van der Waals surface area contributed by atoms with Gasteiger partial charge in [-0.05, 0) is 46.9 Å². The van der Waals surface area contributed by atoms with Crippen molar-refractivity contribution in [3.8, 4) is 5.75 Å². The van der Waals surface area contributed by atoms with Gasteiger partial charge in [-0.15, -0.1) is 0 Å². The number of carbonyl (C=O) groups excluding carboxylic acids is 1. The highest BCUT2D eigenvalue weighted by molar-refractivity contribution is 14.1. The number of nitrogens with zero attached hydrogens (tertiary/aromatic N) is 2. The first-order valence-electron chi connectivity index (χ1n) is 5.04. The number of hydrogen-bond donors (Lipinski definition) is 0. The standard InChI is InChI=1S/C12H11IN2O2/c1-17-11-4-2-9(3-5-11)12(16)8-15-7-10(13)6-14-15/h2-7H,8H2,1H3. The van der Waals surface area contributed by atoms with Gasteiger partial charge in [-0.3, -0.25) is 9.48 Å². The number of Topliss-reactive ketones (excluding diaryl/α,β-unsaturated/α-hetero) is 1. The lowest BCUT2D eigenvalue weighted by atomic mass is 10.1. The maximum absolute atomic E-state index is 11.9. The van der Waals surface area contributed by atoms with Crippen molar-refractivity contribution in [1.82, 2.24) is 9.78 Å². The summed E-state index contributed by atoms with van der Waals surface area (Å²) in [6.07, 6.45) is 3.56. The highest BCUT2D eigenvalue weighted by Gasteiger charge is 2.07. The minimum atomic E-state index is 0.0344. The third-order valence-electron chi connectivity index (χ3n) is 2.32. The molecule has 2 rings (SSSR count). The molecular weight excluding hydrogens is 331 g/mol. The predicted molar refractivity (Wildman–Crippen MR) is 72.3 cm³/mol. The van der Waals surface area contributed by atoms with Crippen LogP contribution in [0.4, 0.5) is 0 Å². The number of halogens is 1. The molecule has 0 saturated heterocycles. The average Bonchev–Trinajstić information content (AvgIpc) is 2.75. The lowest BCUT2D eigenvalue weighted by Gasteiger charge is -2.03. The van der Waals surface area contributed by atoms with E-state index < -0.39 is 0 Å². The third kappa shape index (κ3) is 3.06. The summed E-state index contributed by atoms with van der Waals surface area (Å²) in [6, 6.07) is 7.07. The molecule has 1 aromatic carbocycles. The van der Waals surface area contributed by atoms with Crippen molar-refractivity contribution in [1.29, 1.82) is 0 Å². The Labute approximate surface area is 113 Å². The first kappa shape index (κ1) is 12.1. The van der Waals surface area contributed by atoms with Crippen molar-refractivity contribution < 1.29 is 9.53 Å². The number of carbonyl (C=O) groups is 1. The van der Waals surface area contributed by atoms with Crippen LogP contribution in [0.5, 0.6) is 5.75 Å². The quantitative estimate of drug-likeness (QED) is 0.633. The minimum absolute atomic E-state index is 0.0344. The normalized spacial score (nSPS) is 10.2. The van der Waals surface area contributed by atoms with Crippen LogP contribution in [-0.2, 0) is 6.54 Å². The number of ketones is 1. The zero-order valence-electron chi connectivity index (χ0n) is 9.26. The molecule has 4 nitrogen and oxygen atoms in total. The van der Waals surface area contributed by atoms with Crippen LogP contribution in [0.25, 0.3) is 0 Å². The number of benzene rings is 1. The highest BCUT2D eigenvalue weighted by atomic mass is 127. The summed E-state index contributed by atoms with van der Waals surface area (Å²) in [5.41, 5.74) is 0.663. The summed E-state index contributed by atoms with van der Waals surface area (Å²) in [7, 11) is 1.60. The lowest BCUT2D eigenvalue weighted by molar-refractivity contribution is 0.0967. The monoisotopic (exact) mass is 342 g/mol. The Hall–Kier alpha value is -1.37. The van der Waals surface area contributed by atoms with Crippen LogP contribution < -0.4 is 4.74 Å². The summed E-state index contributed by atoms with van der Waals surface area (Å²) in [5, 5.41) is 4.08. The van der Waals surface area contributed by atoms with E-state index >= 15 is 0 Å². The summed E-state index contributed by atoms with van der Waals surface area (Å²) >= 11 is 2.16. The summed E-state index contributed by atoms with van der Waals surface area (Å²) < 4.78 is 7.69. The van der Waals surface area contributed by atoms with Crippen molar-refractivity contribution >= 4 is 28.4 Å². The second-order valence-corrected chi connectivity index (χ2v) is 4.75. The van der Waals surface area contributed by atoms with Gasteiger partial charge in [-0.1, -0.05) is 0 Å². The van der Waals surface area contributed by atoms with E-state index in [9.17, 15) is 4.79 Å². The van der Waals surface area contributed by atoms with Crippen molar-refractivity contribution in [2.24, 2.45) is 0 Å². The highest BCUT2D eigenvalue weighted by Crippen LogP contribution is 2.12. The van der Waals surface area contributed by atoms with E-state index in [1.807, 2.05) is 6.20 Å². The molecule has 2 aromatic rings. The van der Waals surface area contributed by atoms with Gasteiger partial charge in [0.05, 0.1) is 16.9 Å². The van der Waals surface area contributed by atoms with E-state index in [0.717, 1.165) is 9.32 Å². The van der Waals surface area contributed by atoms with Crippen LogP contribution in [0.2, 0.25) is 0 Å². The molecule has 0 radical (unpaired) electrons. The van der Waals surface area contributed by atoms with Gasteiger partial charge >= 0.3 is 0 Å². The van der Waals surface area contributed by atoms with Gasteiger partial charge < -0.3 is 4.74 Å². The molecule has 5 heteroatoms. The van der Waals surface area contributed by atoms with Gasteiger partial charge in [0.1, 0.15) is 12.3 Å². The molecule has 1 heterocycles. The molecular formula is C12H11IN2O2. The molecule has 0 aliphatic carbocycles. The van der Waals surface area contributed by atoms with Gasteiger partial charge in [-0.25, -0.2) is 0 Å². The van der Waals surface area contributed by atoms with Crippen LogP contribution in [0, 0.1) is 3.57 Å². The number of rotatable bonds is 4.